The van der Waals surface area contributed by atoms with Gasteiger partial charge in [-0.2, -0.15) is 0 Å². The van der Waals surface area contributed by atoms with Gasteiger partial charge < -0.3 is 41.6 Å². The second-order valence-electron chi connectivity index (χ2n) is 14.8. The molecule has 15 heteroatoms. The summed E-state index contributed by atoms with van der Waals surface area (Å²) in [4.78, 5) is 79.0. The zero-order chi connectivity index (χ0) is 38.5. The zero-order valence-corrected chi connectivity index (χ0v) is 31.2. The molecule has 286 valence electrons. The predicted octanol–water partition coefficient (Wildman–Crippen LogP) is 1.15. The van der Waals surface area contributed by atoms with Crippen molar-refractivity contribution in [2.45, 2.75) is 122 Å². The van der Waals surface area contributed by atoms with E-state index in [2.05, 4.69) is 21.3 Å². The number of aliphatic hydroxyl groups is 1. The van der Waals surface area contributed by atoms with E-state index >= 15 is 0 Å². The van der Waals surface area contributed by atoms with E-state index in [1.807, 2.05) is 44.2 Å². The second kappa shape index (κ2) is 20.0. The highest BCUT2D eigenvalue weighted by Crippen LogP contribution is 2.20. The number of nitrogens with zero attached hydrogens (tertiary/aromatic N) is 1. The molecule has 1 aromatic rings. The Kier molecular flexibility index (Phi) is 16.8. The van der Waals surface area contributed by atoms with E-state index in [1.165, 1.54) is 7.11 Å². The topological polar surface area (TPSA) is 218 Å². The Labute approximate surface area is 301 Å². The number of hydrogen-bond acceptors (Lipinski definition) is 10. The fourth-order valence-electron chi connectivity index (χ4n) is 5.85. The smallest absolute Gasteiger partial charge is 0.408 e. The van der Waals surface area contributed by atoms with Crippen molar-refractivity contribution in [2.24, 2.45) is 17.6 Å². The number of amides is 5. The standard InChI is InChI=1S/C36H58N6O9/c1-21(2)17-25(32(46)41-30(22(3)4)34(48)50-8)39-33(47)27-15-12-16-42(27)20-28(43)24(18-23-13-10-9-11-14-23)38-31(45)26(19-29(37)44)40-35(49)51-36(5,6)7/h9-11,13-14,21-22,24-28,30,43H,12,15-20H2,1-8H3,(H2,37,44)(H,38,45)(H,39,47)(H,40,49)(H,41,46)/t24-,25-,26-,27-,28+,30-/m0/s1. The molecule has 1 fully saturated rings. The molecule has 1 aliphatic heterocycles. The van der Waals surface area contributed by atoms with Gasteiger partial charge >= 0.3 is 12.1 Å². The van der Waals surface area contributed by atoms with Gasteiger partial charge in [0, 0.05) is 6.54 Å². The number of β-amino-alcohol motifs (C(OH)–C–C–N with tert-alkyl or cyclic N) is 1. The number of benzene rings is 1. The number of aliphatic hydroxyl groups excluding tert-OH is 1. The van der Waals surface area contributed by atoms with Crippen LogP contribution in [-0.2, 0) is 39.9 Å². The van der Waals surface area contributed by atoms with E-state index in [0.717, 1.165) is 5.56 Å². The molecule has 7 N–H and O–H groups in total. The number of carbonyl (C=O) groups is 6. The van der Waals surface area contributed by atoms with Crippen molar-refractivity contribution in [3.05, 3.63) is 35.9 Å². The van der Waals surface area contributed by atoms with Crippen molar-refractivity contribution < 1.29 is 43.3 Å². The van der Waals surface area contributed by atoms with Crippen LogP contribution in [0.5, 0.6) is 0 Å². The van der Waals surface area contributed by atoms with Gasteiger partial charge in [-0.15, -0.1) is 0 Å². The number of rotatable bonds is 18. The highest BCUT2D eigenvalue weighted by Gasteiger charge is 2.37. The van der Waals surface area contributed by atoms with E-state index < -0.39 is 84.0 Å². The van der Waals surface area contributed by atoms with Crippen LogP contribution >= 0.6 is 0 Å². The minimum absolute atomic E-state index is 0.00530. The van der Waals surface area contributed by atoms with Crippen LogP contribution in [0.4, 0.5) is 4.79 Å². The number of ether oxygens (including phenoxy) is 2. The Bertz CT molecular complexity index is 1330. The number of hydrogen-bond donors (Lipinski definition) is 6. The SMILES string of the molecule is COC(=O)[C@@H](NC(=O)[C@H](CC(C)C)NC(=O)[C@@H]1CCCN1C[C@@H](O)[C@H](Cc1ccccc1)NC(=O)[C@H](CC(N)=O)NC(=O)OC(C)(C)C)C(C)C. The summed E-state index contributed by atoms with van der Waals surface area (Å²) in [5, 5.41) is 22.4. The molecule has 0 unspecified atom stereocenters. The molecule has 5 amide bonds. The summed E-state index contributed by atoms with van der Waals surface area (Å²) >= 11 is 0. The Balaban J connectivity index is 2.25. The first-order valence-electron chi connectivity index (χ1n) is 17.5. The third-order valence-corrected chi connectivity index (χ3v) is 8.35. The first-order chi connectivity index (χ1) is 23.8. The Morgan fingerprint density at radius 1 is 0.941 bits per heavy atom. The number of nitrogens with two attached hydrogens (primary N) is 1. The van der Waals surface area contributed by atoms with Gasteiger partial charge in [0.2, 0.25) is 23.6 Å². The third kappa shape index (κ3) is 14.9. The van der Waals surface area contributed by atoms with Crippen LogP contribution in [0.2, 0.25) is 0 Å². The summed E-state index contributed by atoms with van der Waals surface area (Å²) in [6.07, 6.45) is -0.961. The lowest BCUT2D eigenvalue weighted by Gasteiger charge is -2.32. The number of esters is 1. The third-order valence-electron chi connectivity index (χ3n) is 8.35. The van der Waals surface area contributed by atoms with Gasteiger partial charge in [-0.05, 0) is 70.4 Å². The van der Waals surface area contributed by atoms with E-state index in [1.54, 1.807) is 39.5 Å². The molecule has 1 aliphatic rings. The van der Waals surface area contributed by atoms with Crippen molar-refractivity contribution in [1.29, 1.82) is 0 Å². The molecule has 6 atom stereocenters. The minimum Gasteiger partial charge on any atom is -0.467 e. The van der Waals surface area contributed by atoms with Crippen molar-refractivity contribution in [3.8, 4) is 0 Å². The molecule has 2 rings (SSSR count). The highest BCUT2D eigenvalue weighted by atomic mass is 16.6. The van der Waals surface area contributed by atoms with E-state index in [4.69, 9.17) is 15.2 Å². The molecule has 1 aromatic carbocycles. The zero-order valence-electron chi connectivity index (χ0n) is 31.2. The van der Waals surface area contributed by atoms with Gasteiger partial charge in [-0.1, -0.05) is 58.0 Å². The van der Waals surface area contributed by atoms with Gasteiger partial charge in [0.05, 0.1) is 31.7 Å². The molecular formula is C36H58N6O9. The maximum Gasteiger partial charge on any atom is 0.408 e. The average Bonchev–Trinajstić information content (AvgIpc) is 3.49. The summed E-state index contributed by atoms with van der Waals surface area (Å²) < 4.78 is 10.1. The highest BCUT2D eigenvalue weighted by molar-refractivity contribution is 5.92. The molecule has 0 radical (unpaired) electrons. The molecule has 0 aromatic heterocycles. The van der Waals surface area contributed by atoms with Crippen LogP contribution in [0, 0.1) is 11.8 Å². The molecule has 15 nitrogen and oxygen atoms in total. The van der Waals surface area contributed by atoms with Crippen molar-refractivity contribution in [2.75, 3.05) is 20.2 Å². The first kappa shape index (κ1) is 42.9. The molecular weight excluding hydrogens is 660 g/mol. The molecule has 1 saturated heterocycles. The lowest BCUT2D eigenvalue weighted by Crippen LogP contribution is -2.58. The fraction of sp³-hybridized carbons (Fsp3) is 0.667. The fourth-order valence-corrected chi connectivity index (χ4v) is 5.85. The molecule has 0 aliphatic carbocycles. The summed E-state index contributed by atoms with van der Waals surface area (Å²) in [5.74, 6) is -3.25. The van der Waals surface area contributed by atoms with E-state index in [0.29, 0.717) is 25.8 Å². The van der Waals surface area contributed by atoms with Gasteiger partial charge in [0.1, 0.15) is 23.7 Å². The number of alkyl carbamates (subject to hydrolysis) is 1. The molecule has 0 saturated carbocycles. The van der Waals surface area contributed by atoms with Crippen molar-refractivity contribution >= 4 is 35.7 Å². The van der Waals surface area contributed by atoms with Gasteiger partial charge in [0.15, 0.2) is 0 Å². The van der Waals surface area contributed by atoms with E-state index in [-0.39, 0.29) is 24.8 Å². The maximum absolute atomic E-state index is 13.7. The normalized spacial score (nSPS) is 17.8. The van der Waals surface area contributed by atoms with Gasteiger partial charge in [-0.3, -0.25) is 24.1 Å². The summed E-state index contributed by atoms with van der Waals surface area (Å²) in [5.41, 5.74) is 5.33. The lowest BCUT2D eigenvalue weighted by molar-refractivity contribution is -0.146. The quantitative estimate of drug-likeness (QED) is 0.119. The Hall–Kier alpha value is -4.24. The number of nitrogens with one attached hydrogen (secondary N) is 4. The largest absolute Gasteiger partial charge is 0.467 e. The lowest BCUT2D eigenvalue weighted by atomic mass is 9.99. The van der Waals surface area contributed by atoms with Crippen molar-refractivity contribution in [1.82, 2.24) is 26.2 Å². The maximum atomic E-state index is 13.7. The molecule has 1 heterocycles. The number of methoxy groups -OCH3 is 1. The Morgan fingerprint density at radius 3 is 2.12 bits per heavy atom. The summed E-state index contributed by atoms with van der Waals surface area (Å²) in [6, 6.07) is 4.40. The van der Waals surface area contributed by atoms with Crippen LogP contribution < -0.4 is 27.0 Å². The van der Waals surface area contributed by atoms with Gasteiger partial charge in [-0.25, -0.2) is 9.59 Å². The van der Waals surface area contributed by atoms with Crippen molar-refractivity contribution in [3.63, 3.8) is 0 Å². The number of likely N-dealkylation sites (tertiary alicyclic amines) is 1. The minimum atomic E-state index is -1.37. The Morgan fingerprint density at radius 2 is 1.57 bits per heavy atom. The monoisotopic (exact) mass is 718 g/mol. The van der Waals surface area contributed by atoms with Crippen LogP contribution in [0.3, 0.4) is 0 Å². The predicted molar refractivity (Wildman–Crippen MR) is 190 cm³/mol. The van der Waals surface area contributed by atoms with Crippen LogP contribution in [0.25, 0.3) is 0 Å². The molecule has 0 spiro atoms. The second-order valence-corrected chi connectivity index (χ2v) is 14.8. The van der Waals surface area contributed by atoms with Crippen LogP contribution in [0.1, 0.15) is 79.7 Å². The number of primary amides is 1. The van der Waals surface area contributed by atoms with Crippen LogP contribution in [0.15, 0.2) is 30.3 Å². The summed E-state index contributed by atoms with van der Waals surface area (Å²) in [6.45, 7) is 12.8. The first-order valence-corrected chi connectivity index (χ1v) is 17.5. The number of carbonyl (C=O) groups excluding carboxylic acids is 6. The summed E-state index contributed by atoms with van der Waals surface area (Å²) in [7, 11) is 1.25. The molecule has 0 bridgehead atoms. The molecule has 51 heavy (non-hydrogen) atoms. The van der Waals surface area contributed by atoms with Crippen LogP contribution in [-0.4, -0.2) is 108 Å². The average molecular weight is 719 g/mol. The van der Waals surface area contributed by atoms with E-state index in [9.17, 15) is 33.9 Å². The van der Waals surface area contributed by atoms with Gasteiger partial charge in [0.25, 0.3) is 0 Å².